The van der Waals surface area contributed by atoms with E-state index < -0.39 is 28.5 Å². The second-order valence-electron chi connectivity index (χ2n) is 9.68. The van der Waals surface area contributed by atoms with Crippen molar-refractivity contribution in [3.8, 4) is 0 Å². The number of aryl methyl sites for hydroxylation is 2. The molecule has 208 valence electrons. The molecule has 1 N–H and O–H groups in total. The van der Waals surface area contributed by atoms with Crippen molar-refractivity contribution in [2.45, 2.75) is 64.4 Å². The number of carbonyl (C=O) groups is 2. The molecule has 0 aliphatic rings. The monoisotopic (exact) mass is 549 g/mol. The van der Waals surface area contributed by atoms with Crippen molar-refractivity contribution in [1.29, 1.82) is 0 Å². The summed E-state index contributed by atoms with van der Waals surface area (Å²) in [7, 11) is -4.06. The molecule has 0 aromatic heterocycles. The van der Waals surface area contributed by atoms with Crippen molar-refractivity contribution >= 4 is 27.5 Å². The minimum atomic E-state index is -4.06. The third-order valence-electron chi connectivity index (χ3n) is 6.75. The van der Waals surface area contributed by atoms with Crippen LogP contribution >= 0.6 is 0 Å². The van der Waals surface area contributed by atoms with E-state index in [0.29, 0.717) is 18.7 Å². The van der Waals surface area contributed by atoms with E-state index in [1.807, 2.05) is 64.1 Å². The molecule has 2 amide bonds. The van der Waals surface area contributed by atoms with Crippen molar-refractivity contribution in [2.75, 3.05) is 17.4 Å². The van der Waals surface area contributed by atoms with Crippen LogP contribution in [0.5, 0.6) is 0 Å². The van der Waals surface area contributed by atoms with Gasteiger partial charge < -0.3 is 10.2 Å². The summed E-state index contributed by atoms with van der Waals surface area (Å²) >= 11 is 0. The molecule has 8 heteroatoms. The fourth-order valence-electron chi connectivity index (χ4n) is 4.36. The lowest BCUT2D eigenvalue weighted by Crippen LogP contribution is -2.52. The Balaban J connectivity index is 2.02. The van der Waals surface area contributed by atoms with Crippen LogP contribution in [0.4, 0.5) is 5.69 Å². The van der Waals surface area contributed by atoms with Crippen molar-refractivity contribution in [1.82, 2.24) is 10.2 Å². The number of hydrogen-bond acceptors (Lipinski definition) is 4. The van der Waals surface area contributed by atoms with Crippen LogP contribution in [0.25, 0.3) is 0 Å². The summed E-state index contributed by atoms with van der Waals surface area (Å²) in [4.78, 5) is 28.9. The van der Waals surface area contributed by atoms with Crippen LogP contribution in [-0.4, -0.2) is 44.3 Å². The van der Waals surface area contributed by atoms with Gasteiger partial charge in [-0.25, -0.2) is 8.42 Å². The Hall–Kier alpha value is -3.65. The van der Waals surface area contributed by atoms with Gasteiger partial charge in [0.2, 0.25) is 11.8 Å². The Morgan fingerprint density at radius 3 is 2.13 bits per heavy atom. The van der Waals surface area contributed by atoms with E-state index in [-0.39, 0.29) is 17.3 Å². The van der Waals surface area contributed by atoms with Gasteiger partial charge in [0.05, 0.1) is 10.6 Å². The van der Waals surface area contributed by atoms with Gasteiger partial charge in [-0.2, -0.15) is 0 Å². The van der Waals surface area contributed by atoms with Gasteiger partial charge in [0.15, 0.2) is 0 Å². The Labute approximate surface area is 232 Å². The number of carbonyl (C=O) groups excluding carboxylic acids is 2. The number of rotatable bonds is 13. The predicted octanol–water partition coefficient (Wildman–Crippen LogP) is 5.22. The minimum Gasteiger partial charge on any atom is -0.354 e. The summed E-state index contributed by atoms with van der Waals surface area (Å²) in [6.45, 7) is 8.06. The van der Waals surface area contributed by atoms with Gasteiger partial charge in [-0.15, -0.1) is 0 Å². The first kappa shape index (κ1) is 29.9. The second-order valence-corrected chi connectivity index (χ2v) is 11.5. The molecule has 0 saturated carbocycles. The maximum Gasteiger partial charge on any atom is 0.264 e. The zero-order valence-corrected chi connectivity index (χ0v) is 24.1. The molecule has 39 heavy (non-hydrogen) atoms. The molecule has 1 atom stereocenters. The minimum absolute atomic E-state index is 0.0909. The van der Waals surface area contributed by atoms with Crippen LogP contribution < -0.4 is 9.62 Å². The topological polar surface area (TPSA) is 86.8 Å². The fraction of sp³-hybridized carbons (Fsp3) is 0.355. The third kappa shape index (κ3) is 7.69. The Bertz CT molecular complexity index is 1340. The van der Waals surface area contributed by atoms with Gasteiger partial charge in [0.25, 0.3) is 10.0 Å². The van der Waals surface area contributed by atoms with Crippen LogP contribution in [0, 0.1) is 13.8 Å². The highest BCUT2D eigenvalue weighted by Gasteiger charge is 2.33. The summed E-state index contributed by atoms with van der Waals surface area (Å²) in [6, 6.07) is 22.1. The maximum absolute atomic E-state index is 14.1. The number of nitrogens with one attached hydrogen (secondary N) is 1. The highest BCUT2D eigenvalue weighted by molar-refractivity contribution is 7.92. The van der Waals surface area contributed by atoms with Crippen molar-refractivity contribution < 1.29 is 18.0 Å². The molecule has 0 heterocycles. The Morgan fingerprint density at radius 2 is 1.51 bits per heavy atom. The molecule has 0 radical (unpaired) electrons. The molecule has 0 bridgehead atoms. The number of hydrogen-bond donors (Lipinski definition) is 1. The number of amides is 2. The largest absolute Gasteiger partial charge is 0.354 e. The quantitative estimate of drug-likeness (QED) is 0.296. The van der Waals surface area contributed by atoms with Gasteiger partial charge in [-0.05, 0) is 62.1 Å². The van der Waals surface area contributed by atoms with Crippen molar-refractivity contribution in [2.24, 2.45) is 0 Å². The number of unbranched alkanes of at least 4 members (excludes halogenated alkanes) is 1. The molecule has 7 nitrogen and oxygen atoms in total. The summed E-state index contributed by atoms with van der Waals surface area (Å²) in [5.74, 6) is -0.684. The van der Waals surface area contributed by atoms with E-state index in [9.17, 15) is 18.0 Å². The molecule has 3 aromatic rings. The van der Waals surface area contributed by atoms with Crippen molar-refractivity contribution in [3.63, 3.8) is 0 Å². The number of nitrogens with zero attached hydrogens (tertiary/aromatic N) is 2. The smallest absolute Gasteiger partial charge is 0.264 e. The molecule has 0 fully saturated rings. The van der Waals surface area contributed by atoms with Crippen LogP contribution in [0.15, 0.2) is 83.8 Å². The zero-order chi connectivity index (χ0) is 28.4. The van der Waals surface area contributed by atoms with E-state index in [1.165, 1.54) is 17.0 Å². The van der Waals surface area contributed by atoms with Gasteiger partial charge in [0.1, 0.15) is 12.6 Å². The van der Waals surface area contributed by atoms with E-state index in [1.54, 1.807) is 30.3 Å². The summed E-state index contributed by atoms with van der Waals surface area (Å²) < 4.78 is 28.8. The molecular formula is C31H39N3O4S. The summed E-state index contributed by atoms with van der Waals surface area (Å²) in [5, 5.41) is 2.95. The maximum atomic E-state index is 14.1. The highest BCUT2D eigenvalue weighted by Crippen LogP contribution is 2.25. The number of benzene rings is 3. The lowest BCUT2D eigenvalue weighted by molar-refractivity contribution is -0.140. The lowest BCUT2D eigenvalue weighted by Gasteiger charge is -2.33. The lowest BCUT2D eigenvalue weighted by atomic mass is 10.1. The standard InChI is InChI=1S/C31H39N3O4S/c1-5-7-21-32-31(36)29(6-2)33(22-26-14-12-11-13-25(26)4)30(35)23-34(27-19-17-24(3)18-20-27)39(37,38)28-15-9-8-10-16-28/h8-20,29H,5-7,21-23H2,1-4H3,(H,32,36)/t29-/m1/s1. The van der Waals surface area contributed by atoms with E-state index in [0.717, 1.165) is 33.8 Å². The SMILES string of the molecule is CCCCNC(=O)[C@@H](CC)N(Cc1ccccc1C)C(=O)CN(c1ccc(C)cc1)S(=O)(=O)c1ccccc1. The average molecular weight is 550 g/mol. The third-order valence-corrected chi connectivity index (χ3v) is 8.54. The van der Waals surface area contributed by atoms with Crippen LogP contribution in [-0.2, 0) is 26.2 Å². The fourth-order valence-corrected chi connectivity index (χ4v) is 5.79. The van der Waals surface area contributed by atoms with E-state index in [4.69, 9.17) is 0 Å². The molecule has 0 spiro atoms. The molecule has 0 saturated heterocycles. The summed E-state index contributed by atoms with van der Waals surface area (Å²) in [6.07, 6.45) is 2.17. The molecule has 3 rings (SSSR count). The number of anilines is 1. The molecular weight excluding hydrogens is 510 g/mol. The van der Waals surface area contributed by atoms with Gasteiger partial charge in [0, 0.05) is 13.1 Å². The molecule has 3 aromatic carbocycles. The van der Waals surface area contributed by atoms with Crippen LogP contribution in [0.2, 0.25) is 0 Å². The van der Waals surface area contributed by atoms with Gasteiger partial charge in [-0.3, -0.25) is 13.9 Å². The Kier molecular flexibility index (Phi) is 10.7. The second kappa shape index (κ2) is 13.9. The molecule has 0 aliphatic carbocycles. The molecule has 0 aliphatic heterocycles. The average Bonchev–Trinajstić information content (AvgIpc) is 2.93. The van der Waals surface area contributed by atoms with Crippen LogP contribution in [0.3, 0.4) is 0 Å². The van der Waals surface area contributed by atoms with Crippen LogP contribution in [0.1, 0.15) is 49.8 Å². The summed E-state index contributed by atoms with van der Waals surface area (Å²) in [5.41, 5.74) is 3.24. The first-order valence-corrected chi connectivity index (χ1v) is 14.9. The highest BCUT2D eigenvalue weighted by atomic mass is 32.2. The van der Waals surface area contributed by atoms with Crippen molar-refractivity contribution in [3.05, 3.63) is 95.6 Å². The first-order valence-electron chi connectivity index (χ1n) is 13.4. The first-order chi connectivity index (χ1) is 18.7. The molecule has 0 unspecified atom stereocenters. The normalized spacial score (nSPS) is 12.0. The van der Waals surface area contributed by atoms with Gasteiger partial charge in [-0.1, -0.05) is 80.4 Å². The van der Waals surface area contributed by atoms with Gasteiger partial charge >= 0.3 is 0 Å². The van der Waals surface area contributed by atoms with E-state index >= 15 is 0 Å². The zero-order valence-electron chi connectivity index (χ0n) is 23.3. The Morgan fingerprint density at radius 1 is 0.872 bits per heavy atom. The van der Waals surface area contributed by atoms with E-state index in [2.05, 4.69) is 5.32 Å². The number of sulfonamides is 1. The predicted molar refractivity (Wildman–Crippen MR) is 156 cm³/mol.